The smallest absolute Gasteiger partial charge is 0.331 e. The maximum Gasteiger partial charge on any atom is 0.331 e. The Labute approximate surface area is 132 Å². The minimum absolute atomic E-state index is 0.338. The molecular formula is C16H14ClNO4. The molecule has 1 amide bonds. The van der Waals surface area contributed by atoms with Crippen molar-refractivity contribution in [3.8, 4) is 0 Å². The van der Waals surface area contributed by atoms with Gasteiger partial charge in [-0.05, 0) is 35.9 Å². The molecule has 1 heterocycles. The third-order valence-corrected chi connectivity index (χ3v) is 2.93. The van der Waals surface area contributed by atoms with E-state index in [1.54, 1.807) is 36.4 Å². The molecule has 1 aromatic carbocycles. The van der Waals surface area contributed by atoms with Crippen molar-refractivity contribution in [3.05, 3.63) is 65.1 Å². The monoisotopic (exact) mass is 319 g/mol. The minimum Gasteiger partial charge on any atom is -0.465 e. The van der Waals surface area contributed by atoms with Crippen LogP contribution >= 0.6 is 11.6 Å². The molecule has 2 rings (SSSR count). The Bertz CT molecular complexity index is 647. The Balaban J connectivity index is 1.68. The van der Waals surface area contributed by atoms with Crippen LogP contribution < -0.4 is 5.32 Å². The summed E-state index contributed by atoms with van der Waals surface area (Å²) in [7, 11) is 0. The maximum absolute atomic E-state index is 11.6. The zero-order valence-electron chi connectivity index (χ0n) is 11.6. The lowest BCUT2D eigenvalue weighted by atomic mass is 10.2. The second-order valence-electron chi connectivity index (χ2n) is 4.36. The summed E-state index contributed by atoms with van der Waals surface area (Å²) in [6, 6.07) is 10.5. The molecule has 0 spiro atoms. The van der Waals surface area contributed by atoms with Crippen LogP contribution in [0.15, 0.2) is 53.2 Å². The highest BCUT2D eigenvalue weighted by molar-refractivity contribution is 6.30. The van der Waals surface area contributed by atoms with Crippen LogP contribution in [0.3, 0.4) is 0 Å². The third kappa shape index (κ3) is 5.46. The number of halogens is 1. The minimum atomic E-state index is -0.613. The van der Waals surface area contributed by atoms with E-state index in [1.165, 1.54) is 18.4 Å². The second kappa shape index (κ2) is 8.05. The first-order valence-electron chi connectivity index (χ1n) is 6.53. The molecule has 0 saturated carbocycles. The summed E-state index contributed by atoms with van der Waals surface area (Å²) >= 11 is 5.77. The number of amides is 1. The molecule has 0 atom stereocenters. The molecular weight excluding hydrogens is 306 g/mol. The number of ether oxygens (including phenoxy) is 1. The average Bonchev–Trinajstić information content (AvgIpc) is 3.04. The molecule has 0 aliphatic heterocycles. The molecule has 114 valence electrons. The Hall–Kier alpha value is -2.53. The van der Waals surface area contributed by atoms with Gasteiger partial charge in [0.2, 0.25) is 0 Å². The van der Waals surface area contributed by atoms with Crippen molar-refractivity contribution in [2.75, 3.05) is 6.61 Å². The van der Waals surface area contributed by atoms with E-state index in [-0.39, 0.29) is 12.5 Å². The Morgan fingerprint density at radius 1 is 1.23 bits per heavy atom. The fourth-order valence-electron chi connectivity index (χ4n) is 1.57. The second-order valence-corrected chi connectivity index (χ2v) is 4.80. The summed E-state index contributed by atoms with van der Waals surface area (Å²) in [5, 5.41) is 3.27. The molecule has 0 aliphatic rings. The van der Waals surface area contributed by atoms with Gasteiger partial charge in [0.1, 0.15) is 5.76 Å². The van der Waals surface area contributed by atoms with Crippen molar-refractivity contribution in [1.29, 1.82) is 0 Å². The van der Waals surface area contributed by atoms with Crippen LogP contribution in [0.25, 0.3) is 6.08 Å². The van der Waals surface area contributed by atoms with Gasteiger partial charge < -0.3 is 14.5 Å². The number of carbonyl (C=O) groups is 2. The zero-order chi connectivity index (χ0) is 15.8. The maximum atomic E-state index is 11.6. The number of rotatable bonds is 6. The first kappa shape index (κ1) is 15.9. The highest BCUT2D eigenvalue weighted by Crippen LogP contribution is 2.09. The van der Waals surface area contributed by atoms with Gasteiger partial charge in [0.05, 0.1) is 6.26 Å². The Kier molecular flexibility index (Phi) is 5.80. The van der Waals surface area contributed by atoms with E-state index in [2.05, 4.69) is 5.32 Å². The van der Waals surface area contributed by atoms with Crippen molar-refractivity contribution in [2.45, 2.75) is 6.54 Å². The van der Waals surface area contributed by atoms with Crippen LogP contribution in [0.1, 0.15) is 11.3 Å². The normalized spacial score (nSPS) is 10.6. The number of benzene rings is 1. The van der Waals surface area contributed by atoms with E-state index >= 15 is 0 Å². The number of furan rings is 1. The van der Waals surface area contributed by atoms with Crippen LogP contribution in [-0.2, 0) is 20.9 Å². The van der Waals surface area contributed by atoms with E-state index in [9.17, 15) is 9.59 Å². The van der Waals surface area contributed by atoms with Crippen LogP contribution in [0.5, 0.6) is 0 Å². The van der Waals surface area contributed by atoms with E-state index in [0.29, 0.717) is 17.3 Å². The highest BCUT2D eigenvalue weighted by Gasteiger charge is 2.05. The summed E-state index contributed by atoms with van der Waals surface area (Å²) in [4.78, 5) is 23.0. The first-order chi connectivity index (χ1) is 10.6. The lowest BCUT2D eigenvalue weighted by Gasteiger charge is -2.05. The van der Waals surface area contributed by atoms with Gasteiger partial charge in [-0.2, -0.15) is 0 Å². The quantitative estimate of drug-likeness (QED) is 0.656. The average molecular weight is 320 g/mol. The zero-order valence-corrected chi connectivity index (χ0v) is 12.4. The van der Waals surface area contributed by atoms with Crippen molar-refractivity contribution in [3.63, 3.8) is 0 Å². The summed E-state index contributed by atoms with van der Waals surface area (Å²) in [6.07, 6.45) is 4.16. The molecule has 1 aromatic heterocycles. The van der Waals surface area contributed by atoms with Crippen molar-refractivity contribution < 1.29 is 18.7 Å². The molecule has 5 nitrogen and oxygen atoms in total. The van der Waals surface area contributed by atoms with Gasteiger partial charge in [0, 0.05) is 17.6 Å². The van der Waals surface area contributed by atoms with Gasteiger partial charge in [0.25, 0.3) is 5.91 Å². The Morgan fingerprint density at radius 2 is 2.00 bits per heavy atom. The largest absolute Gasteiger partial charge is 0.465 e. The molecule has 6 heteroatoms. The molecule has 0 saturated heterocycles. The number of nitrogens with one attached hydrogen (secondary N) is 1. The molecule has 0 radical (unpaired) electrons. The van der Waals surface area contributed by atoms with Gasteiger partial charge >= 0.3 is 5.97 Å². The number of hydrogen-bond acceptors (Lipinski definition) is 4. The fraction of sp³-hybridized carbons (Fsp3) is 0.125. The van der Waals surface area contributed by atoms with Gasteiger partial charge in [0.15, 0.2) is 6.61 Å². The number of esters is 1. The lowest BCUT2D eigenvalue weighted by Crippen LogP contribution is -2.28. The Morgan fingerprint density at radius 3 is 2.68 bits per heavy atom. The summed E-state index contributed by atoms with van der Waals surface area (Å²) in [5.74, 6) is -0.461. The van der Waals surface area contributed by atoms with Crippen LogP contribution in [0, 0.1) is 0 Å². The summed E-state index contributed by atoms with van der Waals surface area (Å²) in [6.45, 7) is 0.00467. The van der Waals surface area contributed by atoms with Crippen LogP contribution in [0.2, 0.25) is 5.02 Å². The molecule has 0 fully saturated rings. The topological polar surface area (TPSA) is 68.5 Å². The predicted molar refractivity (Wildman–Crippen MR) is 82.0 cm³/mol. The van der Waals surface area contributed by atoms with Gasteiger partial charge in [-0.3, -0.25) is 4.79 Å². The van der Waals surface area contributed by atoms with Crippen molar-refractivity contribution in [2.24, 2.45) is 0 Å². The van der Waals surface area contributed by atoms with Crippen LogP contribution in [0.4, 0.5) is 0 Å². The van der Waals surface area contributed by atoms with Gasteiger partial charge in [-0.15, -0.1) is 0 Å². The van der Waals surface area contributed by atoms with Crippen molar-refractivity contribution >= 4 is 29.6 Å². The standard InChI is InChI=1S/C16H14ClNO4/c17-13-5-3-12(4-6-13)10-18-15(19)11-22-16(20)8-7-14-2-1-9-21-14/h1-9H,10-11H2,(H,18,19). The molecule has 2 aromatic rings. The van der Waals surface area contributed by atoms with Gasteiger partial charge in [-0.25, -0.2) is 4.79 Å². The lowest BCUT2D eigenvalue weighted by molar-refractivity contribution is -0.143. The SMILES string of the molecule is O=C(COC(=O)C=Cc1ccco1)NCc1ccc(Cl)cc1. The van der Waals surface area contributed by atoms with Crippen molar-refractivity contribution in [1.82, 2.24) is 5.32 Å². The van der Waals surface area contributed by atoms with E-state index < -0.39 is 5.97 Å². The van der Waals surface area contributed by atoms with E-state index in [1.807, 2.05) is 0 Å². The molecule has 0 bridgehead atoms. The van der Waals surface area contributed by atoms with E-state index in [0.717, 1.165) is 5.56 Å². The number of carbonyl (C=O) groups excluding carboxylic acids is 2. The van der Waals surface area contributed by atoms with Crippen LogP contribution in [-0.4, -0.2) is 18.5 Å². The van der Waals surface area contributed by atoms with E-state index in [4.69, 9.17) is 20.8 Å². The predicted octanol–water partition coefficient (Wildman–Crippen LogP) is 2.81. The third-order valence-electron chi connectivity index (χ3n) is 2.68. The fourth-order valence-corrected chi connectivity index (χ4v) is 1.70. The first-order valence-corrected chi connectivity index (χ1v) is 6.91. The molecule has 0 unspecified atom stereocenters. The number of hydrogen-bond donors (Lipinski definition) is 1. The van der Waals surface area contributed by atoms with Gasteiger partial charge in [-0.1, -0.05) is 23.7 Å². The summed E-state index contributed by atoms with van der Waals surface area (Å²) in [5.41, 5.74) is 0.904. The molecule has 0 aliphatic carbocycles. The summed E-state index contributed by atoms with van der Waals surface area (Å²) < 4.78 is 9.83. The molecule has 1 N–H and O–H groups in total. The highest BCUT2D eigenvalue weighted by atomic mass is 35.5. The molecule has 22 heavy (non-hydrogen) atoms.